The molecule has 0 saturated carbocycles. The third-order valence-electron chi connectivity index (χ3n) is 0.556. The lowest BCUT2D eigenvalue weighted by Gasteiger charge is -1.91. The SMILES string of the molecule is ClC[SiH2][SiH2]C(Cl)Cl. The fourth-order valence-corrected chi connectivity index (χ4v) is 6.25. The van der Waals surface area contributed by atoms with Gasteiger partial charge in [-0.05, 0) is 0 Å². The Labute approximate surface area is 63.0 Å². The predicted octanol–water partition coefficient (Wildman–Crippen LogP) is 0.196. The molecule has 0 nitrogen and oxygen atoms in total. The van der Waals surface area contributed by atoms with E-state index in [2.05, 4.69) is 0 Å². The summed E-state index contributed by atoms with van der Waals surface area (Å²) in [5, 5.41) is 0. The van der Waals surface area contributed by atoms with Gasteiger partial charge in [0.1, 0.15) is 0 Å². The maximum absolute atomic E-state index is 5.46. The van der Waals surface area contributed by atoms with Crippen LogP contribution in [-0.2, 0) is 0 Å². The Morgan fingerprint density at radius 1 is 1.43 bits per heavy atom. The van der Waals surface area contributed by atoms with Gasteiger partial charge in [0.15, 0.2) is 0 Å². The first-order valence-electron chi connectivity index (χ1n) is 2.11. The third kappa shape index (κ3) is 7.30. The Morgan fingerprint density at radius 3 is 2.14 bits per heavy atom. The van der Waals surface area contributed by atoms with Crippen LogP contribution in [0.3, 0.4) is 0 Å². The van der Waals surface area contributed by atoms with Crippen molar-refractivity contribution in [2.75, 3.05) is 5.50 Å². The summed E-state index contributed by atoms with van der Waals surface area (Å²) in [7, 11) is -0.101. The maximum atomic E-state index is 5.46. The molecule has 0 N–H and O–H groups in total. The Morgan fingerprint density at radius 2 is 2.00 bits per heavy atom. The van der Waals surface area contributed by atoms with Gasteiger partial charge in [-0.3, -0.25) is 0 Å². The van der Waals surface area contributed by atoms with Gasteiger partial charge in [-0.15, -0.1) is 34.8 Å². The minimum absolute atomic E-state index is 0.0147. The van der Waals surface area contributed by atoms with Crippen molar-refractivity contribution in [1.82, 2.24) is 0 Å². The minimum atomic E-state index is -0.116. The summed E-state index contributed by atoms with van der Waals surface area (Å²) in [6, 6.07) is 0. The molecule has 0 atom stereocenters. The van der Waals surface area contributed by atoms with Gasteiger partial charge in [0, 0.05) is 14.5 Å². The van der Waals surface area contributed by atoms with Gasteiger partial charge >= 0.3 is 0 Å². The number of halogens is 3. The topological polar surface area (TPSA) is 0 Å². The van der Waals surface area contributed by atoms with Crippen LogP contribution in [0.1, 0.15) is 0 Å². The highest BCUT2D eigenvalue weighted by Gasteiger charge is 1.96. The van der Waals surface area contributed by atoms with Crippen LogP contribution in [0.15, 0.2) is 0 Å². The number of hydrogen-bond donors (Lipinski definition) is 0. The van der Waals surface area contributed by atoms with Crippen molar-refractivity contribution in [3.8, 4) is 0 Å². The molecule has 0 saturated heterocycles. The van der Waals surface area contributed by atoms with Crippen LogP contribution in [0.5, 0.6) is 0 Å². The fraction of sp³-hybridized carbons (Fsp3) is 1.00. The number of rotatable bonds is 3. The highest BCUT2D eigenvalue weighted by molar-refractivity contribution is 7.08. The second-order valence-electron chi connectivity index (χ2n) is 1.22. The summed E-state index contributed by atoms with van der Waals surface area (Å²) in [6.07, 6.45) is 0. The van der Waals surface area contributed by atoms with Crippen molar-refractivity contribution in [3.63, 3.8) is 0 Å². The van der Waals surface area contributed by atoms with E-state index in [1.165, 1.54) is 0 Å². The summed E-state index contributed by atoms with van der Waals surface area (Å²) < 4.78 is -0.0367. The average molecular weight is 194 g/mol. The smallest absolute Gasteiger partial charge is 0.0880 e. The average Bonchev–Trinajstić information content (AvgIpc) is 1.61. The summed E-state index contributed by atoms with van der Waals surface area (Å²) >= 11 is 16.3. The summed E-state index contributed by atoms with van der Waals surface area (Å²) in [5.74, 6) is 0. The predicted molar refractivity (Wildman–Crippen MR) is 43.3 cm³/mol. The molecule has 5 heteroatoms. The standard InChI is InChI=1S/C2H7Cl3Si2/c3-1-6-7-2(4)5/h2H,1,6-7H2. The molecular weight excluding hydrogens is 187 g/mol. The molecule has 0 radical (unpaired) electrons. The fourth-order valence-electron chi connectivity index (χ4n) is 0.231. The van der Waals surface area contributed by atoms with E-state index in [-0.39, 0.29) is 22.5 Å². The van der Waals surface area contributed by atoms with Crippen LogP contribution >= 0.6 is 34.8 Å². The molecule has 0 aliphatic heterocycles. The first-order chi connectivity index (χ1) is 3.27. The van der Waals surface area contributed by atoms with E-state index >= 15 is 0 Å². The molecule has 0 aromatic rings. The molecule has 0 aromatic carbocycles. The van der Waals surface area contributed by atoms with Gasteiger partial charge in [-0.25, -0.2) is 0 Å². The molecule has 0 fully saturated rings. The molecular formula is C2H7Cl3Si2. The van der Waals surface area contributed by atoms with E-state index in [0.717, 1.165) is 5.50 Å². The van der Waals surface area contributed by atoms with Crippen molar-refractivity contribution in [2.24, 2.45) is 0 Å². The lowest BCUT2D eigenvalue weighted by Crippen LogP contribution is -2.12. The van der Waals surface area contributed by atoms with E-state index in [1.807, 2.05) is 0 Å². The number of hydrogen-bond acceptors (Lipinski definition) is 0. The molecule has 0 unspecified atom stereocenters. The van der Waals surface area contributed by atoms with Crippen molar-refractivity contribution in [1.29, 1.82) is 0 Å². The van der Waals surface area contributed by atoms with Crippen LogP contribution in [-0.4, -0.2) is 28.0 Å². The van der Waals surface area contributed by atoms with Crippen molar-refractivity contribution >= 4 is 52.9 Å². The molecule has 0 spiro atoms. The highest BCUT2D eigenvalue weighted by atomic mass is 35.5. The molecule has 0 heterocycles. The summed E-state index contributed by atoms with van der Waals surface area (Å²) in [6.45, 7) is 0. The normalized spacial score (nSPS) is 13.7. The zero-order chi connectivity index (χ0) is 5.70. The summed E-state index contributed by atoms with van der Waals surface area (Å²) in [4.78, 5) is 0. The second-order valence-corrected chi connectivity index (χ2v) is 11.0. The lowest BCUT2D eigenvalue weighted by atomic mass is 11.9. The van der Waals surface area contributed by atoms with Crippen LogP contribution < -0.4 is 0 Å². The van der Waals surface area contributed by atoms with Crippen LogP contribution in [0.25, 0.3) is 0 Å². The van der Waals surface area contributed by atoms with Gasteiger partial charge in [0.2, 0.25) is 0 Å². The zero-order valence-corrected chi connectivity index (χ0v) is 8.93. The Bertz CT molecular complexity index is 39.9. The van der Waals surface area contributed by atoms with Crippen molar-refractivity contribution < 1.29 is 0 Å². The lowest BCUT2D eigenvalue weighted by molar-refractivity contribution is 1.92. The van der Waals surface area contributed by atoms with Gasteiger partial charge in [0.05, 0.1) is 13.5 Å². The van der Waals surface area contributed by atoms with Crippen molar-refractivity contribution in [2.45, 2.75) is 4.46 Å². The molecule has 7 heavy (non-hydrogen) atoms. The van der Waals surface area contributed by atoms with E-state index in [9.17, 15) is 0 Å². The Kier molecular flexibility index (Phi) is 6.45. The molecule has 44 valence electrons. The highest BCUT2D eigenvalue weighted by Crippen LogP contribution is 1.96. The van der Waals surface area contributed by atoms with Gasteiger partial charge in [-0.1, -0.05) is 0 Å². The van der Waals surface area contributed by atoms with Crippen molar-refractivity contribution in [3.05, 3.63) is 0 Å². The van der Waals surface area contributed by atoms with E-state index < -0.39 is 0 Å². The zero-order valence-electron chi connectivity index (χ0n) is 3.83. The first kappa shape index (κ1) is 8.30. The third-order valence-corrected chi connectivity index (χ3v) is 11.3. The van der Waals surface area contributed by atoms with E-state index in [1.54, 1.807) is 0 Å². The molecule has 0 amide bonds. The van der Waals surface area contributed by atoms with Gasteiger partial charge in [-0.2, -0.15) is 0 Å². The first-order valence-corrected chi connectivity index (χ1v) is 9.34. The molecule has 0 aliphatic carbocycles. The minimum Gasteiger partial charge on any atom is -0.131 e. The monoisotopic (exact) mass is 192 g/mol. The van der Waals surface area contributed by atoms with Crippen LogP contribution in [0.2, 0.25) is 0 Å². The Hall–Kier alpha value is 1.30. The largest absolute Gasteiger partial charge is 0.131 e. The van der Waals surface area contributed by atoms with Crippen LogP contribution in [0, 0.1) is 0 Å². The summed E-state index contributed by atoms with van der Waals surface area (Å²) in [5.41, 5.74) is 0.849. The van der Waals surface area contributed by atoms with E-state index in [4.69, 9.17) is 34.8 Å². The maximum Gasteiger partial charge on any atom is 0.0880 e. The Balaban J connectivity index is 2.68. The van der Waals surface area contributed by atoms with Gasteiger partial charge < -0.3 is 0 Å². The molecule has 0 rings (SSSR count). The van der Waals surface area contributed by atoms with E-state index in [0.29, 0.717) is 0 Å². The number of alkyl halides is 3. The molecule has 0 aromatic heterocycles. The van der Waals surface area contributed by atoms with Crippen LogP contribution in [0.4, 0.5) is 0 Å². The molecule has 0 bridgehead atoms. The molecule has 0 aliphatic rings. The second kappa shape index (κ2) is 5.44. The van der Waals surface area contributed by atoms with Gasteiger partial charge in [0.25, 0.3) is 0 Å². The quantitative estimate of drug-likeness (QED) is 0.444.